The molecule has 3 aromatic rings. The Kier molecular flexibility index (Phi) is 5.06. The molecule has 0 radical (unpaired) electrons. The molecule has 3 heterocycles. The number of H-pyrrole nitrogens is 2. The summed E-state index contributed by atoms with van der Waals surface area (Å²) in [6, 6.07) is 3.70. The van der Waals surface area contributed by atoms with Crippen LogP contribution in [0.4, 0.5) is 5.69 Å². The molecule has 0 spiro atoms. The van der Waals surface area contributed by atoms with Crippen molar-refractivity contribution in [1.82, 2.24) is 19.5 Å². The van der Waals surface area contributed by atoms with Crippen LogP contribution < -0.4 is 26.0 Å². The lowest BCUT2D eigenvalue weighted by molar-refractivity contribution is -0.116. The number of aromatic amines is 2. The van der Waals surface area contributed by atoms with Crippen LogP contribution in [0.1, 0.15) is 31.7 Å². The fraction of sp³-hybridized carbons (Fsp3) is 0.400. The third-order valence-electron chi connectivity index (χ3n) is 4.96. The number of aromatic nitrogens is 4. The fourth-order valence-electron chi connectivity index (χ4n) is 3.53. The highest BCUT2D eigenvalue weighted by Gasteiger charge is 2.22. The van der Waals surface area contributed by atoms with Crippen LogP contribution in [0.5, 0.6) is 11.5 Å². The molecule has 3 N–H and O–H groups in total. The molecule has 10 nitrogen and oxygen atoms in total. The number of nitrogens with one attached hydrogen (secondary N) is 3. The number of fused-ring (bicyclic) bond motifs is 2. The molecule has 2 aromatic heterocycles. The highest BCUT2D eigenvalue weighted by atomic mass is 16.5. The topological polar surface area (TPSA) is 131 Å². The predicted octanol–water partition coefficient (Wildman–Crippen LogP) is 1.24. The van der Waals surface area contributed by atoms with Gasteiger partial charge in [0, 0.05) is 37.9 Å². The van der Waals surface area contributed by atoms with Crippen LogP contribution >= 0.6 is 0 Å². The summed E-state index contributed by atoms with van der Waals surface area (Å²) in [6.45, 7) is 4.35. The fourth-order valence-corrected chi connectivity index (χ4v) is 3.53. The first-order valence-electron chi connectivity index (χ1n) is 9.79. The number of amides is 1. The summed E-state index contributed by atoms with van der Waals surface area (Å²) in [6.07, 6.45) is 1.30. The quantitative estimate of drug-likeness (QED) is 0.557. The van der Waals surface area contributed by atoms with Crippen LogP contribution in [-0.2, 0) is 24.7 Å². The minimum absolute atomic E-state index is 0.0904. The van der Waals surface area contributed by atoms with Crippen LogP contribution in [0.3, 0.4) is 0 Å². The zero-order valence-electron chi connectivity index (χ0n) is 17.0. The van der Waals surface area contributed by atoms with Crippen LogP contribution in [-0.4, -0.2) is 38.1 Å². The number of nitrogens with zero attached hydrogens (tertiary/aromatic N) is 2. The number of ether oxygens (including phenoxy) is 2. The second kappa shape index (κ2) is 7.69. The number of anilines is 1. The maximum atomic E-state index is 12.5. The van der Waals surface area contributed by atoms with Crippen molar-refractivity contribution in [3.8, 4) is 11.5 Å². The number of carbonyl (C=O) groups excluding carboxylic acids is 1. The van der Waals surface area contributed by atoms with Crippen molar-refractivity contribution in [3.05, 3.63) is 44.4 Å². The molecular weight excluding hydrogens is 390 g/mol. The van der Waals surface area contributed by atoms with Crippen molar-refractivity contribution >= 4 is 22.8 Å². The van der Waals surface area contributed by atoms with E-state index in [2.05, 4.69) is 20.3 Å². The zero-order valence-corrected chi connectivity index (χ0v) is 17.0. The lowest BCUT2D eigenvalue weighted by atomic mass is 10.1. The molecule has 1 atom stereocenters. The SMILES string of the molecule is CCOc1cc2c(cc1NC(=O)CCc1nc3c([nH]1)c(=O)[nH]c(=O)n3C)OC(C)C2. The maximum Gasteiger partial charge on any atom is 0.329 e. The molecule has 0 bridgehead atoms. The van der Waals surface area contributed by atoms with Gasteiger partial charge in [-0.1, -0.05) is 0 Å². The Labute approximate surface area is 171 Å². The average Bonchev–Trinajstić information content (AvgIpc) is 3.28. The predicted molar refractivity (Wildman–Crippen MR) is 110 cm³/mol. The minimum atomic E-state index is -0.542. The van der Waals surface area contributed by atoms with Crippen LogP contribution in [0, 0.1) is 0 Å². The van der Waals surface area contributed by atoms with Gasteiger partial charge in [-0.3, -0.25) is 19.1 Å². The Morgan fingerprint density at radius 1 is 1.37 bits per heavy atom. The molecule has 0 saturated heterocycles. The van der Waals surface area contributed by atoms with E-state index in [1.54, 1.807) is 6.07 Å². The van der Waals surface area contributed by atoms with E-state index in [1.807, 2.05) is 19.9 Å². The molecule has 0 aliphatic carbocycles. The van der Waals surface area contributed by atoms with Crippen molar-refractivity contribution in [1.29, 1.82) is 0 Å². The van der Waals surface area contributed by atoms with Gasteiger partial charge in [0.15, 0.2) is 5.65 Å². The van der Waals surface area contributed by atoms with Crippen molar-refractivity contribution in [2.24, 2.45) is 7.05 Å². The Bertz CT molecular complexity index is 1240. The number of carbonyl (C=O) groups is 1. The monoisotopic (exact) mass is 413 g/mol. The Morgan fingerprint density at radius 3 is 2.93 bits per heavy atom. The normalized spacial score (nSPS) is 15.1. The van der Waals surface area contributed by atoms with Crippen molar-refractivity contribution in [2.75, 3.05) is 11.9 Å². The summed E-state index contributed by atoms with van der Waals surface area (Å²) in [4.78, 5) is 45.5. The van der Waals surface area contributed by atoms with Crippen LogP contribution in [0.15, 0.2) is 21.7 Å². The molecule has 1 aliphatic heterocycles. The Balaban J connectivity index is 1.49. The van der Waals surface area contributed by atoms with Crippen LogP contribution in [0.25, 0.3) is 11.2 Å². The van der Waals surface area contributed by atoms with E-state index >= 15 is 0 Å². The van der Waals surface area contributed by atoms with Crippen molar-refractivity contribution in [3.63, 3.8) is 0 Å². The molecule has 4 rings (SSSR count). The summed E-state index contributed by atoms with van der Waals surface area (Å²) in [7, 11) is 1.52. The van der Waals surface area contributed by atoms with Gasteiger partial charge < -0.3 is 19.8 Å². The van der Waals surface area contributed by atoms with E-state index in [0.717, 1.165) is 17.7 Å². The summed E-state index contributed by atoms with van der Waals surface area (Å²) in [5.74, 6) is 1.57. The van der Waals surface area contributed by atoms with Gasteiger partial charge in [0.25, 0.3) is 5.56 Å². The van der Waals surface area contributed by atoms with Crippen molar-refractivity contribution < 1.29 is 14.3 Å². The van der Waals surface area contributed by atoms with E-state index in [9.17, 15) is 14.4 Å². The summed E-state index contributed by atoms with van der Waals surface area (Å²) < 4.78 is 12.7. The van der Waals surface area contributed by atoms with E-state index in [-0.39, 0.29) is 36.0 Å². The average molecular weight is 413 g/mol. The minimum Gasteiger partial charge on any atom is -0.492 e. The first-order valence-corrected chi connectivity index (χ1v) is 9.79. The molecule has 10 heteroatoms. The molecular formula is C20H23N5O5. The number of benzene rings is 1. The van der Waals surface area contributed by atoms with Crippen LogP contribution in [0.2, 0.25) is 0 Å². The van der Waals surface area contributed by atoms with E-state index in [0.29, 0.717) is 23.9 Å². The number of imidazole rings is 1. The third kappa shape index (κ3) is 3.68. The standard InChI is InChI=1S/C20H23N5O5/c1-4-29-14-8-11-7-10(2)30-13(11)9-12(14)21-16(26)6-5-15-22-17-18(23-15)25(3)20(28)24-19(17)27/h8-10H,4-7H2,1-3H3,(H,21,26)(H,22,23)(H,24,27,28). The van der Waals surface area contributed by atoms with Gasteiger partial charge >= 0.3 is 5.69 Å². The highest BCUT2D eigenvalue weighted by Crippen LogP contribution is 2.38. The van der Waals surface area contributed by atoms with Gasteiger partial charge in [0.2, 0.25) is 5.91 Å². The third-order valence-corrected chi connectivity index (χ3v) is 4.96. The molecule has 0 fully saturated rings. The number of aryl methyl sites for hydroxylation is 2. The maximum absolute atomic E-state index is 12.5. The number of hydrogen-bond acceptors (Lipinski definition) is 6. The van der Waals surface area contributed by atoms with E-state index in [1.165, 1.54) is 11.6 Å². The molecule has 1 aromatic carbocycles. The van der Waals surface area contributed by atoms with Gasteiger partial charge in [0.1, 0.15) is 28.9 Å². The smallest absolute Gasteiger partial charge is 0.329 e. The number of hydrogen-bond donors (Lipinski definition) is 3. The highest BCUT2D eigenvalue weighted by molar-refractivity contribution is 5.93. The van der Waals surface area contributed by atoms with Gasteiger partial charge in [-0.25, -0.2) is 9.78 Å². The summed E-state index contributed by atoms with van der Waals surface area (Å²) in [5.41, 5.74) is 0.990. The molecule has 1 aliphatic rings. The zero-order chi connectivity index (χ0) is 21.4. The molecule has 158 valence electrons. The summed E-state index contributed by atoms with van der Waals surface area (Å²) in [5, 5.41) is 2.87. The van der Waals surface area contributed by atoms with Gasteiger partial charge in [-0.15, -0.1) is 0 Å². The molecule has 1 amide bonds. The number of rotatable bonds is 6. The lowest BCUT2D eigenvalue weighted by Crippen LogP contribution is -2.28. The first kappa shape index (κ1) is 19.7. The van der Waals surface area contributed by atoms with E-state index in [4.69, 9.17) is 9.47 Å². The largest absolute Gasteiger partial charge is 0.492 e. The Hall–Kier alpha value is -3.56. The van der Waals surface area contributed by atoms with E-state index < -0.39 is 11.2 Å². The molecule has 1 unspecified atom stereocenters. The second-order valence-electron chi connectivity index (χ2n) is 7.27. The summed E-state index contributed by atoms with van der Waals surface area (Å²) >= 11 is 0. The molecule has 30 heavy (non-hydrogen) atoms. The first-order chi connectivity index (χ1) is 14.4. The van der Waals surface area contributed by atoms with Gasteiger partial charge in [0.05, 0.1) is 12.3 Å². The Morgan fingerprint density at radius 2 is 2.17 bits per heavy atom. The second-order valence-corrected chi connectivity index (χ2v) is 7.27. The molecule has 0 saturated carbocycles. The van der Waals surface area contributed by atoms with Gasteiger partial charge in [-0.05, 0) is 19.9 Å². The van der Waals surface area contributed by atoms with Gasteiger partial charge in [-0.2, -0.15) is 0 Å². The lowest BCUT2D eigenvalue weighted by Gasteiger charge is -2.13. The van der Waals surface area contributed by atoms with Crippen molar-refractivity contribution in [2.45, 2.75) is 39.2 Å².